The molecule has 0 saturated heterocycles. The molecule has 0 radical (unpaired) electrons. The Bertz CT molecular complexity index is 1210. The first kappa shape index (κ1) is 22.9. The number of rotatable bonds is 8. The number of hydrogen-bond donors (Lipinski definition) is 2. The normalized spacial score (nSPS) is 11.6. The lowest BCUT2D eigenvalue weighted by Gasteiger charge is -2.36. The second kappa shape index (κ2) is 10.1. The van der Waals surface area contributed by atoms with Crippen LogP contribution in [0.15, 0.2) is 102 Å². The number of hydrogen-bond acceptors (Lipinski definition) is 7. The van der Waals surface area contributed by atoms with Crippen molar-refractivity contribution in [2.75, 3.05) is 5.32 Å². The smallest absolute Gasteiger partial charge is 0.360 e. The van der Waals surface area contributed by atoms with E-state index in [-0.39, 0.29) is 5.69 Å². The van der Waals surface area contributed by atoms with Crippen molar-refractivity contribution < 1.29 is 19.5 Å². The predicted octanol–water partition coefficient (Wildman–Crippen LogP) is 4.90. The van der Waals surface area contributed by atoms with E-state index >= 15 is 0 Å². The summed E-state index contributed by atoms with van der Waals surface area (Å²) in [5.41, 5.74) is 1.77. The Morgan fingerprint density at radius 1 is 0.882 bits per heavy atom. The van der Waals surface area contributed by atoms with Gasteiger partial charge in [0.1, 0.15) is 11.2 Å². The maximum Gasteiger partial charge on any atom is 0.360 e. The Morgan fingerprint density at radius 2 is 1.35 bits per heavy atom. The molecule has 4 rings (SSSR count). The molecule has 0 fully saturated rings. The van der Waals surface area contributed by atoms with E-state index < -0.39 is 23.2 Å². The van der Waals surface area contributed by atoms with E-state index in [2.05, 4.69) is 20.3 Å². The molecule has 1 heterocycles. The van der Waals surface area contributed by atoms with Crippen molar-refractivity contribution in [1.82, 2.24) is 4.98 Å². The number of thiazole rings is 1. The summed E-state index contributed by atoms with van der Waals surface area (Å²) in [4.78, 5) is 31.8. The third kappa shape index (κ3) is 4.72. The Morgan fingerprint density at radius 3 is 1.76 bits per heavy atom. The molecule has 0 saturated carbocycles. The Kier molecular flexibility index (Phi) is 6.79. The number of aromatic nitrogens is 1. The summed E-state index contributed by atoms with van der Waals surface area (Å²) in [5.74, 6) is -2.07. The van der Waals surface area contributed by atoms with Gasteiger partial charge in [0.05, 0.1) is 0 Å². The van der Waals surface area contributed by atoms with E-state index in [1.54, 1.807) is 5.38 Å². The zero-order chi connectivity index (χ0) is 24.0. The topological polar surface area (TPSA) is 101 Å². The van der Waals surface area contributed by atoms with E-state index in [1.807, 2.05) is 91.0 Å². The lowest BCUT2D eigenvalue weighted by molar-refractivity contribution is -0.141. The van der Waals surface area contributed by atoms with Gasteiger partial charge < -0.3 is 15.3 Å². The van der Waals surface area contributed by atoms with Crippen LogP contribution in [0, 0.1) is 0 Å². The van der Waals surface area contributed by atoms with Crippen LogP contribution < -0.4 is 5.32 Å². The van der Waals surface area contributed by atoms with Crippen molar-refractivity contribution in [1.29, 1.82) is 0 Å². The van der Waals surface area contributed by atoms with E-state index in [0.29, 0.717) is 5.13 Å². The van der Waals surface area contributed by atoms with Gasteiger partial charge in [-0.1, -0.05) is 96.2 Å². The highest BCUT2D eigenvalue weighted by Gasteiger charge is 2.37. The molecular formula is C26H21N3O4S. The molecule has 2 N–H and O–H groups in total. The zero-order valence-electron chi connectivity index (χ0n) is 18.2. The Hall–Kier alpha value is -4.30. The molecule has 7 nitrogen and oxygen atoms in total. The number of carboxylic acid groups (broad SMARTS) is 1. The van der Waals surface area contributed by atoms with Gasteiger partial charge in [-0.15, -0.1) is 11.3 Å². The summed E-state index contributed by atoms with van der Waals surface area (Å²) in [5, 5.41) is 18.6. The second-order valence-electron chi connectivity index (χ2n) is 7.34. The molecule has 0 aliphatic carbocycles. The van der Waals surface area contributed by atoms with Crippen LogP contribution >= 0.6 is 11.3 Å². The summed E-state index contributed by atoms with van der Waals surface area (Å²) in [6.45, 7) is 1.14. The Balaban J connectivity index is 1.86. The average molecular weight is 472 g/mol. The molecule has 0 aliphatic rings. The summed E-state index contributed by atoms with van der Waals surface area (Å²) in [6.07, 6.45) is 0. The zero-order valence-corrected chi connectivity index (χ0v) is 19.0. The number of oxime groups is 1. The molecule has 34 heavy (non-hydrogen) atoms. The van der Waals surface area contributed by atoms with Crippen molar-refractivity contribution >= 4 is 34.1 Å². The lowest BCUT2D eigenvalue weighted by Crippen LogP contribution is -2.38. The SMILES string of the molecule is CC(=O)O/N=C(\C(=O)O)c1csc(NC(c2ccccc2)(c2ccccc2)c2ccccc2)n1. The molecule has 0 amide bonds. The van der Waals surface area contributed by atoms with Gasteiger partial charge >= 0.3 is 11.9 Å². The van der Waals surface area contributed by atoms with E-state index in [9.17, 15) is 14.7 Å². The van der Waals surface area contributed by atoms with E-state index in [0.717, 1.165) is 23.6 Å². The van der Waals surface area contributed by atoms with Gasteiger partial charge in [-0.3, -0.25) is 0 Å². The van der Waals surface area contributed by atoms with Crippen LogP contribution in [0.2, 0.25) is 0 Å². The Labute approximate surface area is 200 Å². The number of anilines is 1. The molecular weight excluding hydrogens is 450 g/mol. The van der Waals surface area contributed by atoms with Gasteiger partial charge in [0.25, 0.3) is 0 Å². The maximum absolute atomic E-state index is 11.7. The van der Waals surface area contributed by atoms with Crippen LogP contribution in [0.3, 0.4) is 0 Å². The minimum absolute atomic E-state index is 0.0873. The number of aliphatic carboxylic acids is 1. The van der Waals surface area contributed by atoms with Crippen molar-refractivity contribution in [3.8, 4) is 0 Å². The van der Waals surface area contributed by atoms with Gasteiger partial charge in [0.15, 0.2) is 5.13 Å². The van der Waals surface area contributed by atoms with Gasteiger partial charge in [-0.05, 0) is 16.7 Å². The van der Waals surface area contributed by atoms with Crippen LogP contribution in [0.4, 0.5) is 5.13 Å². The van der Waals surface area contributed by atoms with Crippen molar-refractivity contribution in [2.24, 2.45) is 5.16 Å². The molecule has 0 atom stereocenters. The molecule has 4 aromatic rings. The number of carboxylic acids is 1. The molecule has 8 heteroatoms. The monoisotopic (exact) mass is 471 g/mol. The lowest BCUT2D eigenvalue weighted by atomic mass is 9.77. The molecule has 1 aromatic heterocycles. The van der Waals surface area contributed by atoms with E-state index in [1.165, 1.54) is 11.3 Å². The highest BCUT2D eigenvalue weighted by atomic mass is 32.1. The fraction of sp³-hybridized carbons (Fsp3) is 0.0769. The largest absolute Gasteiger partial charge is 0.476 e. The van der Waals surface area contributed by atoms with E-state index in [4.69, 9.17) is 0 Å². The molecule has 3 aromatic carbocycles. The summed E-state index contributed by atoms with van der Waals surface area (Å²) in [6, 6.07) is 29.9. The summed E-state index contributed by atoms with van der Waals surface area (Å²) < 4.78 is 0. The number of carbonyl (C=O) groups is 2. The molecule has 0 bridgehead atoms. The third-order valence-corrected chi connectivity index (χ3v) is 5.89. The van der Waals surface area contributed by atoms with Gasteiger partial charge in [0, 0.05) is 12.3 Å². The van der Waals surface area contributed by atoms with Crippen molar-refractivity contribution in [3.05, 3.63) is 119 Å². The number of benzene rings is 3. The first-order valence-corrected chi connectivity index (χ1v) is 11.3. The minimum Gasteiger partial charge on any atom is -0.476 e. The predicted molar refractivity (Wildman–Crippen MR) is 131 cm³/mol. The highest BCUT2D eigenvalue weighted by Crippen LogP contribution is 2.40. The third-order valence-electron chi connectivity index (χ3n) is 5.13. The minimum atomic E-state index is -1.35. The number of carbonyl (C=O) groups excluding carboxylic acids is 1. The number of nitrogens with one attached hydrogen (secondary N) is 1. The van der Waals surface area contributed by atoms with Crippen LogP contribution in [0.1, 0.15) is 29.3 Å². The highest BCUT2D eigenvalue weighted by molar-refractivity contribution is 7.14. The average Bonchev–Trinajstić information content (AvgIpc) is 3.32. The van der Waals surface area contributed by atoms with Crippen molar-refractivity contribution in [3.63, 3.8) is 0 Å². The molecule has 0 unspecified atom stereocenters. The quantitative estimate of drug-likeness (QED) is 0.164. The van der Waals surface area contributed by atoms with Crippen LogP contribution in [0.5, 0.6) is 0 Å². The van der Waals surface area contributed by atoms with Gasteiger partial charge in [-0.2, -0.15) is 0 Å². The summed E-state index contributed by atoms with van der Waals surface area (Å²) in [7, 11) is 0. The standard InChI is InChI=1S/C26H21N3O4S/c1-18(30)33-29-23(24(31)32)22-17-34-25(27-22)28-26(19-11-5-2-6-12-19,20-13-7-3-8-14-20)21-15-9-4-10-16-21/h2-17H,1H3,(H,27,28)(H,31,32)/b29-23-. The fourth-order valence-electron chi connectivity index (χ4n) is 3.69. The van der Waals surface area contributed by atoms with Crippen LogP contribution in [-0.4, -0.2) is 27.7 Å². The number of nitrogens with zero attached hydrogens (tertiary/aromatic N) is 2. The van der Waals surface area contributed by atoms with Gasteiger partial charge in [-0.25, -0.2) is 14.6 Å². The van der Waals surface area contributed by atoms with Gasteiger partial charge in [0.2, 0.25) is 5.71 Å². The first-order chi connectivity index (χ1) is 16.5. The molecule has 0 aliphatic heterocycles. The van der Waals surface area contributed by atoms with Crippen LogP contribution in [-0.2, 0) is 20.0 Å². The molecule has 170 valence electrons. The van der Waals surface area contributed by atoms with Crippen molar-refractivity contribution in [2.45, 2.75) is 12.5 Å². The molecule has 0 spiro atoms. The summed E-state index contributed by atoms with van der Waals surface area (Å²) >= 11 is 1.23. The second-order valence-corrected chi connectivity index (χ2v) is 8.20. The van der Waals surface area contributed by atoms with Crippen LogP contribution in [0.25, 0.3) is 0 Å². The maximum atomic E-state index is 11.7. The first-order valence-electron chi connectivity index (χ1n) is 10.4. The fourth-order valence-corrected chi connectivity index (χ4v) is 4.44.